The van der Waals surface area contributed by atoms with Crippen LogP contribution in [0.2, 0.25) is 0 Å². The summed E-state index contributed by atoms with van der Waals surface area (Å²) in [6.07, 6.45) is 0. The molecular weight excluding hydrogens is 456 g/mol. The third-order valence-electron chi connectivity index (χ3n) is 5.66. The molecule has 2 aromatic carbocycles. The highest BCUT2D eigenvalue weighted by molar-refractivity contribution is 8.93. The van der Waals surface area contributed by atoms with Gasteiger partial charge in [0.2, 0.25) is 0 Å². The van der Waals surface area contributed by atoms with E-state index in [9.17, 15) is 9.90 Å². The Balaban J connectivity index is 0.00000341. The van der Waals surface area contributed by atoms with Crippen molar-refractivity contribution in [3.63, 3.8) is 0 Å². The lowest BCUT2D eigenvalue weighted by Crippen LogP contribution is -2.30. The molecule has 1 heterocycles. The van der Waals surface area contributed by atoms with E-state index >= 15 is 0 Å². The molecular formula is C25H33BrN2O3. The van der Waals surface area contributed by atoms with Crippen LogP contribution >= 0.6 is 17.0 Å². The largest absolute Gasteiger partial charge is 0.507 e. The first kappa shape index (κ1) is 24.9. The van der Waals surface area contributed by atoms with E-state index in [0.717, 1.165) is 28.0 Å². The average molecular weight is 489 g/mol. The van der Waals surface area contributed by atoms with Crippen molar-refractivity contribution >= 4 is 28.6 Å². The van der Waals surface area contributed by atoms with Crippen LogP contribution in [-0.2, 0) is 17.4 Å². The van der Waals surface area contributed by atoms with Crippen LogP contribution < -0.4 is 4.74 Å². The van der Waals surface area contributed by atoms with Crippen molar-refractivity contribution in [2.45, 2.75) is 58.9 Å². The van der Waals surface area contributed by atoms with Crippen molar-refractivity contribution in [1.29, 1.82) is 5.41 Å². The molecule has 0 aromatic heterocycles. The van der Waals surface area contributed by atoms with E-state index in [4.69, 9.17) is 10.1 Å². The Bertz CT molecular complexity index is 981. The van der Waals surface area contributed by atoms with Gasteiger partial charge >= 0.3 is 0 Å². The monoisotopic (exact) mass is 488 g/mol. The predicted molar refractivity (Wildman–Crippen MR) is 130 cm³/mol. The van der Waals surface area contributed by atoms with Gasteiger partial charge in [-0.3, -0.25) is 10.2 Å². The second kappa shape index (κ2) is 8.65. The number of Topliss-reactive ketones (excluding diaryl/α,β-unsaturated/α-hetero) is 1. The highest BCUT2D eigenvalue weighted by Gasteiger charge is 2.31. The summed E-state index contributed by atoms with van der Waals surface area (Å²) >= 11 is 0. The van der Waals surface area contributed by atoms with E-state index in [2.05, 4.69) is 0 Å². The number of ether oxygens (including phenoxy) is 1. The Labute approximate surface area is 195 Å². The molecule has 31 heavy (non-hydrogen) atoms. The molecule has 0 unspecified atom stereocenters. The first-order chi connectivity index (χ1) is 13.8. The zero-order chi connectivity index (χ0) is 22.4. The second-order valence-electron chi connectivity index (χ2n) is 10.0. The summed E-state index contributed by atoms with van der Waals surface area (Å²) in [5.41, 5.74) is 3.24. The molecule has 0 atom stereocenters. The fraction of sp³-hybridized carbons (Fsp3) is 0.440. The number of benzene rings is 2. The third-order valence-corrected chi connectivity index (χ3v) is 5.66. The number of hydrogen-bond acceptors (Lipinski definition) is 4. The van der Waals surface area contributed by atoms with Crippen LogP contribution in [-0.4, -0.2) is 35.3 Å². The molecule has 1 aliphatic heterocycles. The van der Waals surface area contributed by atoms with Crippen molar-refractivity contribution in [3.05, 3.63) is 58.1 Å². The van der Waals surface area contributed by atoms with Crippen molar-refractivity contribution in [2.24, 2.45) is 0 Å². The van der Waals surface area contributed by atoms with Gasteiger partial charge in [-0.15, -0.1) is 17.0 Å². The smallest absolute Gasteiger partial charge is 0.182 e. The van der Waals surface area contributed by atoms with Gasteiger partial charge < -0.3 is 14.7 Å². The molecule has 0 spiro atoms. The maximum absolute atomic E-state index is 13.3. The topological polar surface area (TPSA) is 73.6 Å². The maximum atomic E-state index is 13.3. The highest BCUT2D eigenvalue weighted by atomic mass is 79.9. The molecule has 0 fully saturated rings. The van der Waals surface area contributed by atoms with Crippen LogP contribution in [0, 0.1) is 5.41 Å². The van der Waals surface area contributed by atoms with E-state index in [1.54, 1.807) is 24.1 Å². The number of hydrogen-bond donors (Lipinski definition) is 2. The molecule has 6 heteroatoms. The summed E-state index contributed by atoms with van der Waals surface area (Å²) in [5, 5.41) is 19.4. The number of carbonyl (C=O) groups excluding carboxylic acids is 1. The molecule has 0 saturated carbocycles. The van der Waals surface area contributed by atoms with Gasteiger partial charge in [-0.1, -0.05) is 53.7 Å². The number of ketones is 1. The van der Waals surface area contributed by atoms with Gasteiger partial charge in [0.05, 0.1) is 13.7 Å². The van der Waals surface area contributed by atoms with Crippen LogP contribution in [0.1, 0.15) is 74.2 Å². The molecule has 5 nitrogen and oxygen atoms in total. The lowest BCUT2D eigenvalue weighted by atomic mass is 9.78. The Morgan fingerprint density at radius 1 is 1.10 bits per heavy atom. The van der Waals surface area contributed by atoms with E-state index in [1.165, 1.54) is 0 Å². The molecule has 2 aromatic rings. The number of amidine groups is 1. The second-order valence-corrected chi connectivity index (χ2v) is 10.0. The Morgan fingerprint density at radius 3 is 2.13 bits per heavy atom. The van der Waals surface area contributed by atoms with Gasteiger partial charge in [-0.2, -0.15) is 0 Å². The highest BCUT2D eigenvalue weighted by Crippen LogP contribution is 2.40. The molecule has 0 amide bonds. The molecule has 0 saturated heterocycles. The van der Waals surface area contributed by atoms with Gasteiger partial charge in [-0.05, 0) is 29.0 Å². The quantitative estimate of drug-likeness (QED) is 0.549. The fourth-order valence-electron chi connectivity index (χ4n) is 3.92. The summed E-state index contributed by atoms with van der Waals surface area (Å²) in [6.45, 7) is 12.8. The summed E-state index contributed by atoms with van der Waals surface area (Å²) in [7, 11) is 1.62. The summed E-state index contributed by atoms with van der Waals surface area (Å²) in [5.74, 6) is 1.27. The standard InChI is InChI=1S/C25H32N2O3.BrH/c1-24(2,3)18-11-15(12-19(22(18)29)25(4,5)6)20(28)14-27-13-17-16(23(27)26)9-8-10-21(17)30-7;/h8-12,26,29H,13-14H2,1-7H3;1H. The normalized spacial score (nSPS) is 13.6. The summed E-state index contributed by atoms with van der Waals surface area (Å²) in [4.78, 5) is 15.0. The number of phenols is 1. The van der Waals surface area contributed by atoms with Crippen molar-refractivity contribution in [3.8, 4) is 11.5 Å². The molecule has 0 radical (unpaired) electrons. The lowest BCUT2D eigenvalue weighted by Gasteiger charge is -2.28. The van der Waals surface area contributed by atoms with Gasteiger partial charge in [0, 0.05) is 34.4 Å². The molecule has 168 valence electrons. The van der Waals surface area contributed by atoms with Crippen LogP contribution in [0.5, 0.6) is 11.5 Å². The third kappa shape index (κ3) is 4.79. The average Bonchev–Trinajstić information content (AvgIpc) is 2.95. The molecule has 0 bridgehead atoms. The van der Waals surface area contributed by atoms with Crippen LogP contribution in [0.4, 0.5) is 0 Å². The number of halogens is 1. The minimum absolute atomic E-state index is 0. The zero-order valence-corrected chi connectivity index (χ0v) is 21.1. The van der Waals surface area contributed by atoms with Gasteiger partial charge in [0.15, 0.2) is 5.78 Å². The fourth-order valence-corrected chi connectivity index (χ4v) is 3.92. The summed E-state index contributed by atoms with van der Waals surface area (Å²) < 4.78 is 5.43. The number of phenolic OH excluding ortho intramolecular Hbond substituents is 1. The number of aromatic hydroxyl groups is 1. The number of methoxy groups -OCH3 is 1. The maximum Gasteiger partial charge on any atom is 0.182 e. The lowest BCUT2D eigenvalue weighted by molar-refractivity contribution is 0.0962. The number of fused-ring (bicyclic) bond motifs is 1. The van der Waals surface area contributed by atoms with Crippen molar-refractivity contribution in [2.75, 3.05) is 13.7 Å². The van der Waals surface area contributed by atoms with Crippen molar-refractivity contribution in [1.82, 2.24) is 4.90 Å². The Kier molecular flexibility index (Phi) is 6.96. The molecule has 2 N–H and O–H groups in total. The predicted octanol–water partition coefficient (Wildman–Crippen LogP) is 5.60. The van der Waals surface area contributed by atoms with Crippen molar-refractivity contribution < 1.29 is 14.6 Å². The van der Waals surface area contributed by atoms with E-state index in [-0.39, 0.29) is 45.9 Å². The van der Waals surface area contributed by atoms with Gasteiger partial charge in [0.1, 0.15) is 17.3 Å². The number of nitrogens with zero attached hydrogens (tertiary/aromatic N) is 1. The first-order valence-corrected chi connectivity index (χ1v) is 10.3. The van der Waals surface area contributed by atoms with Gasteiger partial charge in [-0.25, -0.2) is 0 Å². The van der Waals surface area contributed by atoms with Gasteiger partial charge in [0.25, 0.3) is 0 Å². The van der Waals surface area contributed by atoms with Crippen LogP contribution in [0.3, 0.4) is 0 Å². The molecule has 3 rings (SSSR count). The number of carbonyl (C=O) groups is 1. The SMILES string of the molecule is Br.COc1cccc2c1CN(CC(=O)c1cc(C(C)(C)C)c(O)c(C(C)(C)C)c1)C2=N. The first-order valence-electron chi connectivity index (χ1n) is 10.3. The van der Waals surface area contributed by atoms with Crippen LogP contribution in [0.15, 0.2) is 30.3 Å². The van der Waals surface area contributed by atoms with E-state index < -0.39 is 0 Å². The number of rotatable bonds is 4. The summed E-state index contributed by atoms with van der Waals surface area (Å²) in [6, 6.07) is 9.24. The Hall–Kier alpha value is -2.34. The van der Waals surface area contributed by atoms with E-state index in [0.29, 0.717) is 17.9 Å². The molecule has 0 aliphatic carbocycles. The van der Waals surface area contributed by atoms with E-state index in [1.807, 2.05) is 59.7 Å². The number of nitrogens with one attached hydrogen (secondary N) is 1. The Morgan fingerprint density at radius 2 is 1.65 bits per heavy atom. The minimum atomic E-state index is -0.301. The zero-order valence-electron chi connectivity index (χ0n) is 19.4. The minimum Gasteiger partial charge on any atom is -0.507 e. The molecule has 1 aliphatic rings. The van der Waals surface area contributed by atoms with Crippen LogP contribution in [0.25, 0.3) is 0 Å².